The van der Waals surface area contributed by atoms with Crippen LogP contribution in [0, 0.1) is 11.7 Å². The average molecular weight is 552 g/mol. The summed E-state index contributed by atoms with van der Waals surface area (Å²) in [4.78, 5) is 33.3. The first-order valence-electron chi connectivity index (χ1n) is 14.8. The Kier molecular flexibility index (Phi) is 9.37. The molecule has 2 fully saturated rings. The quantitative estimate of drug-likeness (QED) is 0.461. The second kappa shape index (κ2) is 13.1. The molecule has 0 unspecified atom stereocenters. The third-order valence-electron chi connectivity index (χ3n) is 8.74. The molecule has 5 rings (SSSR count). The zero-order chi connectivity index (χ0) is 28.1. The first kappa shape index (κ1) is 28.6. The van der Waals surface area contributed by atoms with E-state index in [0.717, 1.165) is 68.4 Å². The van der Waals surface area contributed by atoms with Gasteiger partial charge in [-0.05, 0) is 66.6 Å². The lowest BCUT2D eigenvalue weighted by Crippen LogP contribution is -2.52. The Morgan fingerprint density at radius 1 is 1.00 bits per heavy atom. The molecule has 0 spiro atoms. The van der Waals surface area contributed by atoms with Gasteiger partial charge in [-0.2, -0.15) is 0 Å². The molecule has 0 bridgehead atoms. The van der Waals surface area contributed by atoms with E-state index in [2.05, 4.69) is 11.0 Å². The Morgan fingerprint density at radius 3 is 2.40 bits per heavy atom. The molecular formula is C32H42FN3O4. The summed E-state index contributed by atoms with van der Waals surface area (Å²) in [6, 6.07) is 12.2. The van der Waals surface area contributed by atoms with Gasteiger partial charge in [-0.3, -0.25) is 14.5 Å². The number of carbonyl (C=O) groups is 2. The molecule has 2 aliphatic heterocycles. The topological polar surface area (TPSA) is 62.3 Å². The van der Waals surface area contributed by atoms with Crippen molar-refractivity contribution in [2.75, 3.05) is 53.0 Å². The van der Waals surface area contributed by atoms with Crippen LogP contribution in [0.4, 0.5) is 4.39 Å². The van der Waals surface area contributed by atoms with E-state index in [1.807, 2.05) is 28.9 Å². The maximum absolute atomic E-state index is 13.9. The van der Waals surface area contributed by atoms with Crippen molar-refractivity contribution in [3.63, 3.8) is 0 Å². The van der Waals surface area contributed by atoms with Crippen molar-refractivity contribution in [2.45, 2.75) is 57.6 Å². The smallest absolute Gasteiger partial charge is 0.263 e. The van der Waals surface area contributed by atoms with Crippen molar-refractivity contribution in [1.82, 2.24) is 14.7 Å². The summed E-state index contributed by atoms with van der Waals surface area (Å²) in [6.07, 6.45) is 4.80. The van der Waals surface area contributed by atoms with Gasteiger partial charge < -0.3 is 19.3 Å². The van der Waals surface area contributed by atoms with Crippen molar-refractivity contribution in [2.24, 2.45) is 5.92 Å². The number of nitrogens with zero attached hydrogens (tertiary/aromatic N) is 3. The minimum Gasteiger partial charge on any atom is -0.481 e. The third kappa shape index (κ3) is 6.33. The fourth-order valence-corrected chi connectivity index (χ4v) is 6.40. The maximum Gasteiger partial charge on any atom is 0.263 e. The zero-order valence-corrected chi connectivity index (χ0v) is 23.8. The van der Waals surface area contributed by atoms with Crippen LogP contribution in [0.1, 0.15) is 61.8 Å². The van der Waals surface area contributed by atoms with E-state index >= 15 is 0 Å². The molecule has 216 valence electrons. The molecule has 2 atom stereocenters. The highest BCUT2D eigenvalue weighted by Crippen LogP contribution is 2.40. The van der Waals surface area contributed by atoms with E-state index in [4.69, 9.17) is 9.47 Å². The summed E-state index contributed by atoms with van der Waals surface area (Å²) in [5.74, 6) is 0.588. The van der Waals surface area contributed by atoms with Crippen LogP contribution in [0.5, 0.6) is 5.75 Å². The molecule has 8 heteroatoms. The normalized spacial score (nSPS) is 20.8. The van der Waals surface area contributed by atoms with Crippen molar-refractivity contribution in [1.29, 1.82) is 0 Å². The molecule has 7 nitrogen and oxygen atoms in total. The second-order valence-electron chi connectivity index (χ2n) is 11.3. The van der Waals surface area contributed by atoms with Crippen molar-refractivity contribution in [3.05, 3.63) is 65.0 Å². The number of methoxy groups -OCH3 is 1. The minimum absolute atomic E-state index is 0.0136. The maximum atomic E-state index is 13.9. The van der Waals surface area contributed by atoms with Gasteiger partial charge in [-0.25, -0.2) is 4.39 Å². The number of ether oxygens (including phenoxy) is 2. The number of hydrogen-bond donors (Lipinski definition) is 0. The minimum atomic E-state index is -0.576. The molecular weight excluding hydrogens is 509 g/mol. The molecule has 0 radical (unpaired) electrons. The molecule has 1 aliphatic carbocycles. The van der Waals surface area contributed by atoms with Crippen LogP contribution in [-0.4, -0.2) is 85.6 Å². The Balaban J connectivity index is 1.36. The Morgan fingerprint density at radius 2 is 1.73 bits per heavy atom. The predicted molar refractivity (Wildman–Crippen MR) is 152 cm³/mol. The fourth-order valence-electron chi connectivity index (χ4n) is 6.40. The van der Waals surface area contributed by atoms with Crippen molar-refractivity contribution >= 4 is 11.8 Å². The van der Waals surface area contributed by atoms with Gasteiger partial charge in [0.2, 0.25) is 5.91 Å². The molecule has 40 heavy (non-hydrogen) atoms. The first-order chi connectivity index (χ1) is 19.5. The molecule has 2 heterocycles. The van der Waals surface area contributed by atoms with Gasteiger partial charge in [-0.1, -0.05) is 38.0 Å². The SMILES string of the molecule is CC[C@H](Oc1ccc2c(c1)[C@@H](c1ccc(F)cc1)N(C(=O)C1CCCC1)CC2)C(=O)N1CCN(CCOC)CC1. The van der Waals surface area contributed by atoms with Gasteiger partial charge in [0.05, 0.1) is 12.6 Å². The number of hydrogen-bond acceptors (Lipinski definition) is 5. The van der Waals surface area contributed by atoms with Gasteiger partial charge in [0.1, 0.15) is 11.6 Å². The Labute approximate surface area is 237 Å². The first-order valence-corrected chi connectivity index (χ1v) is 14.8. The van der Waals surface area contributed by atoms with Crippen LogP contribution in [0.15, 0.2) is 42.5 Å². The Hall–Kier alpha value is -2.97. The summed E-state index contributed by atoms with van der Waals surface area (Å²) in [7, 11) is 1.70. The largest absolute Gasteiger partial charge is 0.481 e. The van der Waals surface area contributed by atoms with Crippen LogP contribution in [-0.2, 0) is 20.7 Å². The lowest BCUT2D eigenvalue weighted by Gasteiger charge is -2.39. The van der Waals surface area contributed by atoms with Gasteiger partial charge >= 0.3 is 0 Å². The number of piperazine rings is 1. The predicted octanol–water partition coefficient (Wildman–Crippen LogP) is 4.44. The fraction of sp³-hybridized carbons (Fsp3) is 0.562. The second-order valence-corrected chi connectivity index (χ2v) is 11.3. The van der Waals surface area contributed by atoms with E-state index in [9.17, 15) is 14.0 Å². The van der Waals surface area contributed by atoms with Crippen LogP contribution < -0.4 is 4.74 Å². The van der Waals surface area contributed by atoms with E-state index in [0.29, 0.717) is 38.4 Å². The molecule has 2 aromatic rings. The summed E-state index contributed by atoms with van der Waals surface area (Å²) in [5.41, 5.74) is 3.04. The lowest BCUT2D eigenvalue weighted by atomic mass is 9.87. The average Bonchev–Trinajstić information content (AvgIpc) is 3.53. The number of fused-ring (bicyclic) bond motifs is 1. The van der Waals surface area contributed by atoms with Crippen LogP contribution >= 0.6 is 0 Å². The van der Waals surface area contributed by atoms with Crippen molar-refractivity contribution in [3.8, 4) is 5.75 Å². The highest BCUT2D eigenvalue weighted by Gasteiger charge is 2.37. The van der Waals surface area contributed by atoms with Gasteiger partial charge in [0, 0.05) is 52.3 Å². The van der Waals surface area contributed by atoms with Crippen LogP contribution in [0.3, 0.4) is 0 Å². The highest BCUT2D eigenvalue weighted by molar-refractivity contribution is 5.82. The number of halogens is 1. The number of rotatable bonds is 9. The summed E-state index contributed by atoms with van der Waals surface area (Å²) in [5, 5.41) is 0. The molecule has 3 aliphatic rings. The number of amides is 2. The molecule has 2 aromatic carbocycles. The number of benzene rings is 2. The molecule has 0 aromatic heterocycles. The van der Waals surface area contributed by atoms with Crippen LogP contribution in [0.2, 0.25) is 0 Å². The molecule has 0 N–H and O–H groups in total. The number of carbonyl (C=O) groups excluding carboxylic acids is 2. The molecule has 1 saturated heterocycles. The van der Waals surface area contributed by atoms with E-state index in [-0.39, 0.29) is 29.6 Å². The van der Waals surface area contributed by atoms with Gasteiger partial charge in [0.15, 0.2) is 6.10 Å². The monoisotopic (exact) mass is 551 g/mol. The Bertz CT molecular complexity index is 1160. The summed E-state index contributed by atoms with van der Waals surface area (Å²) in [6.45, 7) is 7.18. The zero-order valence-electron chi connectivity index (χ0n) is 23.8. The molecule has 2 amide bonds. The van der Waals surface area contributed by atoms with E-state index in [1.165, 1.54) is 12.1 Å². The van der Waals surface area contributed by atoms with Gasteiger partial charge in [-0.15, -0.1) is 0 Å². The standard InChI is InChI=1S/C32H42FN3O4/c1-3-29(32(38)35-18-16-34(17-19-35)20-21-39-2)40-27-13-10-23-14-15-36(31(37)25-6-4-5-7-25)30(28(23)22-27)24-8-11-26(33)12-9-24/h8-13,22,25,29-30H,3-7,14-21H2,1-2H3/t29-,30+/m0/s1. The summed E-state index contributed by atoms with van der Waals surface area (Å²) < 4.78 is 25.4. The lowest BCUT2D eigenvalue weighted by molar-refractivity contribution is -0.140. The van der Waals surface area contributed by atoms with Gasteiger partial charge in [0.25, 0.3) is 5.91 Å². The van der Waals surface area contributed by atoms with E-state index < -0.39 is 6.10 Å². The highest BCUT2D eigenvalue weighted by atomic mass is 19.1. The van der Waals surface area contributed by atoms with Crippen molar-refractivity contribution < 1.29 is 23.5 Å². The molecule has 1 saturated carbocycles. The van der Waals surface area contributed by atoms with E-state index in [1.54, 1.807) is 19.2 Å². The van der Waals surface area contributed by atoms with Crippen LogP contribution in [0.25, 0.3) is 0 Å². The summed E-state index contributed by atoms with van der Waals surface area (Å²) >= 11 is 0. The third-order valence-corrected chi connectivity index (χ3v) is 8.74.